The molecule has 0 aromatic carbocycles. The summed E-state index contributed by atoms with van der Waals surface area (Å²) in [6, 6.07) is 4.64. The molecule has 3 rings (SSSR count). The fraction of sp³-hybridized carbons (Fsp3) is 0.462. The van der Waals surface area contributed by atoms with Gasteiger partial charge in [-0.05, 0) is 49.2 Å². The molecular formula is C13H17N5S. The van der Waals surface area contributed by atoms with Crippen molar-refractivity contribution < 1.29 is 0 Å². The van der Waals surface area contributed by atoms with E-state index in [1.165, 1.54) is 18.4 Å². The molecule has 0 atom stereocenters. The molecule has 1 saturated carbocycles. The minimum atomic E-state index is 0.546. The van der Waals surface area contributed by atoms with Gasteiger partial charge in [-0.25, -0.2) is 5.10 Å². The average molecular weight is 275 g/mol. The third-order valence-electron chi connectivity index (χ3n) is 3.42. The van der Waals surface area contributed by atoms with E-state index in [1.807, 2.05) is 24.5 Å². The van der Waals surface area contributed by atoms with Gasteiger partial charge in [-0.15, -0.1) is 5.10 Å². The zero-order valence-electron chi connectivity index (χ0n) is 10.9. The summed E-state index contributed by atoms with van der Waals surface area (Å²) in [5.74, 6) is 0.946. The Labute approximate surface area is 117 Å². The van der Waals surface area contributed by atoms with Crippen LogP contribution in [0.5, 0.6) is 0 Å². The Morgan fingerprint density at radius 3 is 2.84 bits per heavy atom. The van der Waals surface area contributed by atoms with Crippen molar-refractivity contribution in [1.82, 2.24) is 19.7 Å². The molecule has 19 heavy (non-hydrogen) atoms. The van der Waals surface area contributed by atoms with E-state index in [0.717, 1.165) is 23.7 Å². The first-order chi connectivity index (χ1) is 9.25. The molecule has 5 nitrogen and oxygen atoms in total. The van der Waals surface area contributed by atoms with Crippen molar-refractivity contribution in [3.05, 3.63) is 34.9 Å². The Kier molecular flexibility index (Phi) is 3.33. The second-order valence-electron chi connectivity index (χ2n) is 4.96. The predicted octanol–water partition coefficient (Wildman–Crippen LogP) is 2.35. The van der Waals surface area contributed by atoms with Gasteiger partial charge in [-0.2, -0.15) is 0 Å². The first-order valence-electron chi connectivity index (χ1n) is 6.52. The highest BCUT2D eigenvalue weighted by molar-refractivity contribution is 7.71. The van der Waals surface area contributed by atoms with Crippen LogP contribution < -0.4 is 4.90 Å². The number of H-pyrrole nitrogens is 1. The number of pyridine rings is 1. The van der Waals surface area contributed by atoms with Crippen LogP contribution in [0.4, 0.5) is 5.95 Å². The Bertz CT molecular complexity index is 599. The fourth-order valence-corrected chi connectivity index (χ4v) is 2.45. The number of hydrogen-bond acceptors (Lipinski definition) is 4. The number of hydrogen-bond donors (Lipinski definition) is 1. The van der Waals surface area contributed by atoms with E-state index in [-0.39, 0.29) is 0 Å². The smallest absolute Gasteiger partial charge is 0.225 e. The average Bonchev–Trinajstić information content (AvgIpc) is 3.20. The quantitative estimate of drug-likeness (QED) is 0.851. The molecule has 1 aliphatic carbocycles. The van der Waals surface area contributed by atoms with Gasteiger partial charge in [0.2, 0.25) is 5.95 Å². The number of aromatic amines is 1. The van der Waals surface area contributed by atoms with E-state index in [4.69, 9.17) is 12.2 Å². The van der Waals surface area contributed by atoms with E-state index in [9.17, 15) is 0 Å². The maximum atomic E-state index is 5.30. The third-order valence-corrected chi connectivity index (χ3v) is 3.71. The van der Waals surface area contributed by atoms with Crippen molar-refractivity contribution in [3.8, 4) is 0 Å². The van der Waals surface area contributed by atoms with Crippen molar-refractivity contribution in [2.75, 3.05) is 18.5 Å². The van der Waals surface area contributed by atoms with Gasteiger partial charge in [0.1, 0.15) is 0 Å². The monoisotopic (exact) mass is 275 g/mol. The third kappa shape index (κ3) is 2.68. The summed E-state index contributed by atoms with van der Waals surface area (Å²) >= 11 is 5.30. The fourth-order valence-electron chi connectivity index (χ4n) is 2.17. The summed E-state index contributed by atoms with van der Waals surface area (Å²) in [6.45, 7) is 0.913. The second kappa shape index (κ2) is 5.13. The van der Waals surface area contributed by atoms with Gasteiger partial charge < -0.3 is 4.90 Å². The van der Waals surface area contributed by atoms with Crippen molar-refractivity contribution >= 4 is 18.2 Å². The van der Waals surface area contributed by atoms with Crippen molar-refractivity contribution in [1.29, 1.82) is 0 Å². The SMILES string of the molecule is CN(CCc1ccncc1)c1n[nH]c(=S)n1C1CC1. The molecule has 2 aromatic rings. The van der Waals surface area contributed by atoms with E-state index < -0.39 is 0 Å². The first-order valence-corrected chi connectivity index (χ1v) is 6.93. The van der Waals surface area contributed by atoms with Crippen LogP contribution in [0.25, 0.3) is 0 Å². The summed E-state index contributed by atoms with van der Waals surface area (Å²) in [5.41, 5.74) is 1.29. The van der Waals surface area contributed by atoms with Gasteiger partial charge >= 0.3 is 0 Å². The topological polar surface area (TPSA) is 49.7 Å². The Balaban J connectivity index is 1.70. The highest BCUT2D eigenvalue weighted by Crippen LogP contribution is 2.37. The summed E-state index contributed by atoms with van der Waals surface area (Å²) in [5, 5.41) is 7.25. The number of nitrogens with zero attached hydrogens (tertiary/aromatic N) is 4. The maximum Gasteiger partial charge on any atom is 0.225 e. The van der Waals surface area contributed by atoms with Crippen LogP contribution in [0, 0.1) is 4.77 Å². The Hall–Kier alpha value is -1.69. The minimum absolute atomic E-state index is 0.546. The van der Waals surface area contributed by atoms with Crippen molar-refractivity contribution in [2.45, 2.75) is 25.3 Å². The zero-order chi connectivity index (χ0) is 13.2. The molecule has 0 spiro atoms. The molecule has 0 aliphatic heterocycles. The van der Waals surface area contributed by atoms with Crippen LogP contribution in [-0.4, -0.2) is 33.3 Å². The molecule has 1 N–H and O–H groups in total. The van der Waals surface area contributed by atoms with Crippen LogP contribution in [0.1, 0.15) is 24.4 Å². The molecule has 0 radical (unpaired) electrons. The normalized spacial score (nSPS) is 14.6. The second-order valence-corrected chi connectivity index (χ2v) is 5.34. The predicted molar refractivity (Wildman–Crippen MR) is 76.9 cm³/mol. The zero-order valence-corrected chi connectivity index (χ0v) is 11.7. The summed E-state index contributed by atoms with van der Waals surface area (Å²) in [6.07, 6.45) is 7.05. The van der Waals surface area contributed by atoms with Gasteiger partial charge in [0.25, 0.3) is 0 Å². The first kappa shape index (κ1) is 12.3. The molecule has 0 bridgehead atoms. The lowest BCUT2D eigenvalue weighted by molar-refractivity contribution is 0.699. The lowest BCUT2D eigenvalue weighted by atomic mass is 10.2. The molecule has 100 valence electrons. The number of aromatic nitrogens is 4. The van der Waals surface area contributed by atoms with E-state index in [0.29, 0.717) is 6.04 Å². The highest BCUT2D eigenvalue weighted by atomic mass is 32.1. The highest BCUT2D eigenvalue weighted by Gasteiger charge is 2.28. The lowest BCUT2D eigenvalue weighted by Crippen LogP contribution is -2.24. The molecule has 0 saturated heterocycles. The standard InChI is InChI=1S/C13H17N5S/c1-17(9-6-10-4-7-14-8-5-10)12-15-16-13(19)18(12)11-2-3-11/h4-5,7-8,11H,2-3,6,9H2,1H3,(H,16,19). The van der Waals surface area contributed by atoms with Crippen LogP contribution >= 0.6 is 12.2 Å². The number of nitrogens with one attached hydrogen (secondary N) is 1. The van der Waals surface area contributed by atoms with E-state index >= 15 is 0 Å². The van der Waals surface area contributed by atoms with Crippen LogP contribution in [0.3, 0.4) is 0 Å². The van der Waals surface area contributed by atoms with Crippen LogP contribution in [-0.2, 0) is 6.42 Å². The largest absolute Gasteiger partial charge is 0.344 e. The van der Waals surface area contributed by atoms with Crippen molar-refractivity contribution in [2.24, 2.45) is 0 Å². The van der Waals surface area contributed by atoms with Gasteiger partial charge in [-0.1, -0.05) is 0 Å². The lowest BCUT2D eigenvalue weighted by Gasteiger charge is -2.18. The van der Waals surface area contributed by atoms with Crippen LogP contribution in [0.2, 0.25) is 0 Å². The molecule has 0 unspecified atom stereocenters. The van der Waals surface area contributed by atoms with Gasteiger partial charge in [0.15, 0.2) is 4.77 Å². The number of likely N-dealkylation sites (N-methyl/N-ethyl adjacent to an activating group) is 1. The molecule has 6 heteroatoms. The maximum absolute atomic E-state index is 5.30. The molecule has 2 aromatic heterocycles. The van der Waals surface area contributed by atoms with Crippen LogP contribution in [0.15, 0.2) is 24.5 Å². The summed E-state index contributed by atoms with van der Waals surface area (Å²) in [7, 11) is 2.06. The number of anilines is 1. The van der Waals surface area contributed by atoms with Gasteiger partial charge in [-0.3, -0.25) is 9.55 Å². The summed E-state index contributed by atoms with van der Waals surface area (Å²) < 4.78 is 2.87. The van der Waals surface area contributed by atoms with E-state index in [2.05, 4.69) is 31.7 Å². The number of rotatable bonds is 5. The molecular weight excluding hydrogens is 258 g/mol. The molecule has 1 aliphatic rings. The molecule has 2 heterocycles. The minimum Gasteiger partial charge on any atom is -0.344 e. The molecule has 1 fully saturated rings. The van der Waals surface area contributed by atoms with Gasteiger partial charge in [0.05, 0.1) is 0 Å². The Morgan fingerprint density at radius 1 is 1.42 bits per heavy atom. The van der Waals surface area contributed by atoms with Gasteiger partial charge in [0, 0.05) is 32.0 Å². The van der Waals surface area contributed by atoms with E-state index in [1.54, 1.807) is 0 Å². The molecule has 0 amide bonds. The Morgan fingerprint density at radius 2 is 2.16 bits per heavy atom. The summed E-state index contributed by atoms with van der Waals surface area (Å²) in [4.78, 5) is 6.19. The van der Waals surface area contributed by atoms with Crippen molar-refractivity contribution in [3.63, 3.8) is 0 Å².